The zero-order chi connectivity index (χ0) is 18.8. The number of rotatable bonds is 3. The van der Waals surface area contributed by atoms with Gasteiger partial charge in [0.25, 0.3) is 0 Å². The Morgan fingerprint density at radius 2 is 2.15 bits per heavy atom. The second-order valence-electron chi connectivity index (χ2n) is 6.60. The van der Waals surface area contributed by atoms with Crippen LogP contribution in [0.4, 0.5) is 0 Å². The van der Waals surface area contributed by atoms with Gasteiger partial charge in [0, 0.05) is 37.0 Å². The maximum absolute atomic E-state index is 12.8. The van der Waals surface area contributed by atoms with Crippen molar-refractivity contribution in [3.8, 4) is 22.8 Å². The first kappa shape index (κ1) is 18.0. The number of carbonyl (C=O) groups excluding carboxylic acids is 1. The summed E-state index contributed by atoms with van der Waals surface area (Å²) in [5.41, 5.74) is 8.61. The van der Waals surface area contributed by atoms with Crippen LogP contribution in [0.15, 0.2) is 30.5 Å². The van der Waals surface area contributed by atoms with Crippen LogP contribution in [-0.4, -0.2) is 49.1 Å². The smallest absolute Gasteiger partial charge is 0.228 e. The fourth-order valence-corrected chi connectivity index (χ4v) is 3.53. The van der Waals surface area contributed by atoms with Gasteiger partial charge in [0.15, 0.2) is 11.5 Å². The van der Waals surface area contributed by atoms with E-state index in [0.717, 1.165) is 16.8 Å². The summed E-state index contributed by atoms with van der Waals surface area (Å²) in [7, 11) is 1.61. The minimum Gasteiger partial charge on any atom is -0.493 e. The van der Waals surface area contributed by atoms with Crippen molar-refractivity contribution in [2.45, 2.75) is 6.54 Å². The molecule has 7 nitrogen and oxygen atoms in total. The summed E-state index contributed by atoms with van der Waals surface area (Å²) in [6.45, 7) is 2.73. The second kappa shape index (κ2) is 7.72. The third-order valence-electron chi connectivity index (χ3n) is 4.83. The highest BCUT2D eigenvalue weighted by Gasteiger charge is 2.30. The molecular formula is C19H21ClN4O3. The van der Waals surface area contributed by atoms with Gasteiger partial charge in [-0.25, -0.2) is 0 Å². The van der Waals surface area contributed by atoms with E-state index in [4.69, 9.17) is 21.1 Å². The number of amides is 1. The Morgan fingerprint density at radius 3 is 2.85 bits per heavy atom. The number of aromatic nitrogens is 1. The van der Waals surface area contributed by atoms with Crippen molar-refractivity contribution in [1.82, 2.24) is 20.7 Å². The first-order chi connectivity index (χ1) is 13.2. The molecule has 0 unspecified atom stereocenters. The molecule has 8 heteroatoms. The van der Waals surface area contributed by atoms with Crippen LogP contribution < -0.4 is 20.3 Å². The van der Waals surface area contributed by atoms with E-state index in [9.17, 15) is 4.79 Å². The summed E-state index contributed by atoms with van der Waals surface area (Å²) in [6.07, 6.45) is 1.61. The number of hydrogen-bond acceptors (Lipinski definition) is 6. The van der Waals surface area contributed by atoms with E-state index in [1.54, 1.807) is 19.4 Å². The van der Waals surface area contributed by atoms with Crippen molar-refractivity contribution in [2.24, 2.45) is 5.92 Å². The average molecular weight is 389 g/mol. The number of ether oxygens (including phenoxy) is 2. The van der Waals surface area contributed by atoms with Crippen molar-refractivity contribution in [1.29, 1.82) is 0 Å². The van der Waals surface area contributed by atoms with E-state index < -0.39 is 0 Å². The first-order valence-electron chi connectivity index (χ1n) is 8.86. The summed E-state index contributed by atoms with van der Waals surface area (Å²) >= 11 is 5.95. The van der Waals surface area contributed by atoms with Crippen LogP contribution in [0.3, 0.4) is 0 Å². The number of nitrogens with one attached hydrogen (secondary N) is 2. The van der Waals surface area contributed by atoms with Gasteiger partial charge in [-0.2, -0.15) is 0 Å². The van der Waals surface area contributed by atoms with Crippen LogP contribution in [0.5, 0.6) is 11.5 Å². The monoisotopic (exact) mass is 388 g/mol. The summed E-state index contributed by atoms with van der Waals surface area (Å²) in [4.78, 5) is 19.1. The predicted molar refractivity (Wildman–Crippen MR) is 102 cm³/mol. The molecule has 2 aliphatic heterocycles. The summed E-state index contributed by atoms with van der Waals surface area (Å²) in [5.74, 6) is 1.39. The second-order valence-corrected chi connectivity index (χ2v) is 7.03. The lowest BCUT2D eigenvalue weighted by Gasteiger charge is -2.23. The molecule has 2 N–H and O–H groups in total. The van der Waals surface area contributed by atoms with Crippen molar-refractivity contribution in [3.63, 3.8) is 0 Å². The van der Waals surface area contributed by atoms with Gasteiger partial charge in [-0.15, -0.1) is 0 Å². The molecule has 2 aliphatic rings. The quantitative estimate of drug-likeness (QED) is 0.835. The summed E-state index contributed by atoms with van der Waals surface area (Å²) in [6, 6.07) is 7.57. The Labute approximate surface area is 162 Å². The summed E-state index contributed by atoms with van der Waals surface area (Å²) < 4.78 is 11.5. The summed E-state index contributed by atoms with van der Waals surface area (Å²) in [5, 5.41) is 0.583. The fraction of sp³-hybridized carbons (Fsp3) is 0.368. The topological polar surface area (TPSA) is 75.7 Å². The van der Waals surface area contributed by atoms with Crippen LogP contribution in [0.25, 0.3) is 11.3 Å². The molecule has 0 saturated carbocycles. The lowest BCUT2D eigenvalue weighted by Crippen LogP contribution is -2.39. The predicted octanol–water partition coefficient (Wildman–Crippen LogP) is 1.86. The van der Waals surface area contributed by atoms with Crippen molar-refractivity contribution < 1.29 is 14.3 Å². The molecule has 0 bridgehead atoms. The average Bonchev–Trinajstić information content (AvgIpc) is 3.14. The molecule has 1 aromatic carbocycles. The van der Waals surface area contributed by atoms with E-state index in [1.165, 1.54) is 0 Å². The molecule has 2 aromatic rings. The molecule has 4 rings (SSSR count). The van der Waals surface area contributed by atoms with Gasteiger partial charge in [-0.05, 0) is 24.3 Å². The van der Waals surface area contributed by atoms with E-state index in [0.29, 0.717) is 49.3 Å². The normalized spacial score (nSPS) is 17.2. The van der Waals surface area contributed by atoms with Gasteiger partial charge in [0.1, 0.15) is 6.61 Å². The lowest BCUT2D eigenvalue weighted by molar-refractivity contribution is -0.135. The van der Waals surface area contributed by atoms with Crippen LogP contribution in [0.1, 0.15) is 5.56 Å². The number of carbonyl (C=O) groups is 1. The molecule has 27 heavy (non-hydrogen) atoms. The Hall–Kier alpha value is -2.35. The molecule has 1 aromatic heterocycles. The zero-order valence-electron chi connectivity index (χ0n) is 15.0. The highest BCUT2D eigenvalue weighted by atomic mass is 35.5. The number of hydrogen-bond donors (Lipinski definition) is 2. The lowest BCUT2D eigenvalue weighted by atomic mass is 10.0. The number of fused-ring (bicyclic) bond motifs is 1. The van der Waals surface area contributed by atoms with Crippen molar-refractivity contribution in [2.75, 3.05) is 33.4 Å². The molecule has 0 radical (unpaired) electrons. The van der Waals surface area contributed by atoms with E-state index in [2.05, 4.69) is 15.8 Å². The Kier molecular flexibility index (Phi) is 5.15. The SMILES string of the molecule is COc1cc(-c2ccc(Cl)cn2)cc2c1OCCN(C(=O)C1CNNC1)C2. The molecule has 1 fully saturated rings. The molecule has 1 saturated heterocycles. The number of benzene rings is 1. The fourth-order valence-electron chi connectivity index (χ4n) is 3.41. The Morgan fingerprint density at radius 1 is 1.33 bits per heavy atom. The third kappa shape index (κ3) is 3.71. The van der Waals surface area contributed by atoms with Gasteiger partial charge < -0.3 is 14.4 Å². The van der Waals surface area contributed by atoms with E-state index in [1.807, 2.05) is 23.1 Å². The number of hydrazine groups is 1. The van der Waals surface area contributed by atoms with Gasteiger partial charge in [-0.3, -0.25) is 20.6 Å². The molecular weight excluding hydrogens is 368 g/mol. The van der Waals surface area contributed by atoms with Gasteiger partial charge in [-0.1, -0.05) is 11.6 Å². The standard InChI is InChI=1S/C19H21ClN4O3/c1-26-17-7-12(16-3-2-15(20)10-21-16)6-13-11-24(4-5-27-18(13)17)19(25)14-8-22-23-9-14/h2-3,6-7,10,14,22-23H,4-5,8-9,11H2,1H3. The largest absolute Gasteiger partial charge is 0.493 e. The van der Waals surface area contributed by atoms with Gasteiger partial charge in [0.05, 0.1) is 30.3 Å². The maximum Gasteiger partial charge on any atom is 0.228 e. The van der Waals surface area contributed by atoms with E-state index >= 15 is 0 Å². The molecule has 142 valence electrons. The van der Waals surface area contributed by atoms with Crippen molar-refractivity contribution in [3.05, 3.63) is 41.0 Å². The third-order valence-corrected chi connectivity index (χ3v) is 5.05. The Bertz CT molecular complexity index is 838. The van der Waals surface area contributed by atoms with Gasteiger partial charge in [0.2, 0.25) is 5.91 Å². The molecule has 3 heterocycles. The Balaban J connectivity index is 1.68. The minimum absolute atomic E-state index is 0.0606. The number of nitrogens with zero attached hydrogens (tertiary/aromatic N) is 2. The van der Waals surface area contributed by atoms with E-state index in [-0.39, 0.29) is 11.8 Å². The number of methoxy groups -OCH3 is 1. The van der Waals surface area contributed by atoms with Crippen LogP contribution >= 0.6 is 11.6 Å². The van der Waals surface area contributed by atoms with Crippen LogP contribution in [0.2, 0.25) is 5.02 Å². The minimum atomic E-state index is -0.0606. The number of halogens is 1. The number of pyridine rings is 1. The molecule has 0 aliphatic carbocycles. The molecule has 0 atom stereocenters. The molecule has 1 amide bonds. The molecule has 0 spiro atoms. The zero-order valence-corrected chi connectivity index (χ0v) is 15.8. The maximum atomic E-state index is 12.8. The first-order valence-corrected chi connectivity index (χ1v) is 9.23. The van der Waals surface area contributed by atoms with Crippen molar-refractivity contribution >= 4 is 17.5 Å². The van der Waals surface area contributed by atoms with Crippen LogP contribution in [-0.2, 0) is 11.3 Å². The highest BCUT2D eigenvalue weighted by molar-refractivity contribution is 6.30. The highest BCUT2D eigenvalue weighted by Crippen LogP contribution is 2.38. The van der Waals surface area contributed by atoms with Gasteiger partial charge >= 0.3 is 0 Å². The van der Waals surface area contributed by atoms with Crippen LogP contribution in [0, 0.1) is 5.92 Å².